The van der Waals surface area contributed by atoms with Gasteiger partial charge in [0.25, 0.3) is 5.91 Å². The summed E-state index contributed by atoms with van der Waals surface area (Å²) in [5, 5.41) is 7.84. The van der Waals surface area contributed by atoms with Gasteiger partial charge in [-0.2, -0.15) is 0 Å². The summed E-state index contributed by atoms with van der Waals surface area (Å²) in [6, 6.07) is 6.13. The van der Waals surface area contributed by atoms with Gasteiger partial charge in [0.05, 0.1) is 6.42 Å². The number of benzene rings is 1. The van der Waals surface area contributed by atoms with Crippen molar-refractivity contribution in [3.05, 3.63) is 42.5 Å². The zero-order valence-electron chi connectivity index (χ0n) is 10.8. The Morgan fingerprint density at radius 1 is 1.35 bits per heavy atom. The van der Waals surface area contributed by atoms with Gasteiger partial charge in [-0.3, -0.25) is 19.7 Å². The van der Waals surface area contributed by atoms with Gasteiger partial charge in [0.2, 0.25) is 11.8 Å². The quantitative estimate of drug-likeness (QED) is 0.536. The molecule has 0 saturated carbocycles. The molecular formula is C14H15N3O3. The van der Waals surface area contributed by atoms with Crippen LogP contribution in [0.5, 0.6) is 0 Å². The van der Waals surface area contributed by atoms with Crippen LogP contribution in [0, 0.1) is 0 Å². The van der Waals surface area contributed by atoms with Crippen LogP contribution in [0.1, 0.15) is 16.8 Å². The molecule has 1 heterocycles. The van der Waals surface area contributed by atoms with Crippen molar-refractivity contribution in [2.75, 3.05) is 11.9 Å². The molecule has 1 aromatic carbocycles. The highest BCUT2D eigenvalue weighted by Gasteiger charge is 2.30. The Balaban J connectivity index is 1.98. The van der Waals surface area contributed by atoms with Crippen molar-refractivity contribution in [3.63, 3.8) is 0 Å². The van der Waals surface area contributed by atoms with E-state index in [1.54, 1.807) is 30.3 Å². The van der Waals surface area contributed by atoms with E-state index in [0.29, 0.717) is 17.8 Å². The SMILES string of the molecule is C=CCNC(=O)c1ccc(NC2CC(=O)NC2=O)cc1. The van der Waals surface area contributed by atoms with Gasteiger partial charge in [-0.05, 0) is 24.3 Å². The maximum absolute atomic E-state index is 11.7. The van der Waals surface area contributed by atoms with Crippen LogP contribution in [0.15, 0.2) is 36.9 Å². The standard InChI is InChI=1S/C14H15N3O3/c1-2-7-15-13(19)9-3-5-10(6-4-9)16-11-8-12(18)17-14(11)20/h2-6,11,16H,1,7-8H2,(H,15,19)(H,17,18,20). The van der Waals surface area contributed by atoms with Crippen molar-refractivity contribution in [1.82, 2.24) is 10.6 Å². The molecule has 3 amide bonds. The van der Waals surface area contributed by atoms with Crippen LogP contribution in [0.4, 0.5) is 5.69 Å². The van der Waals surface area contributed by atoms with Crippen LogP contribution < -0.4 is 16.0 Å². The molecule has 1 fully saturated rings. The Labute approximate surface area is 116 Å². The second-order valence-electron chi connectivity index (χ2n) is 4.39. The molecule has 0 spiro atoms. The van der Waals surface area contributed by atoms with E-state index in [4.69, 9.17) is 0 Å². The summed E-state index contributed by atoms with van der Waals surface area (Å²) in [7, 11) is 0. The van der Waals surface area contributed by atoms with Crippen molar-refractivity contribution in [2.24, 2.45) is 0 Å². The number of amides is 3. The van der Waals surface area contributed by atoms with Crippen molar-refractivity contribution in [1.29, 1.82) is 0 Å². The number of carbonyl (C=O) groups excluding carboxylic acids is 3. The van der Waals surface area contributed by atoms with Crippen molar-refractivity contribution < 1.29 is 14.4 Å². The van der Waals surface area contributed by atoms with Crippen molar-refractivity contribution in [2.45, 2.75) is 12.5 Å². The van der Waals surface area contributed by atoms with Gasteiger partial charge in [-0.25, -0.2) is 0 Å². The Hall–Kier alpha value is -2.63. The van der Waals surface area contributed by atoms with E-state index >= 15 is 0 Å². The third kappa shape index (κ3) is 3.23. The number of rotatable bonds is 5. The monoisotopic (exact) mass is 273 g/mol. The molecule has 1 aliphatic rings. The van der Waals surface area contributed by atoms with Crippen LogP contribution in [-0.2, 0) is 9.59 Å². The molecule has 2 rings (SSSR count). The average molecular weight is 273 g/mol. The molecule has 20 heavy (non-hydrogen) atoms. The van der Waals surface area contributed by atoms with E-state index in [-0.39, 0.29) is 24.1 Å². The summed E-state index contributed by atoms with van der Waals surface area (Å²) in [5.41, 5.74) is 1.20. The number of hydrogen-bond acceptors (Lipinski definition) is 4. The van der Waals surface area contributed by atoms with Gasteiger partial charge in [-0.1, -0.05) is 6.08 Å². The first kappa shape index (κ1) is 13.8. The summed E-state index contributed by atoms with van der Waals surface area (Å²) in [5.74, 6) is -0.805. The molecular weight excluding hydrogens is 258 g/mol. The van der Waals surface area contributed by atoms with Gasteiger partial charge in [0.1, 0.15) is 6.04 Å². The predicted octanol–water partition coefficient (Wildman–Crippen LogP) is 0.429. The molecule has 6 heteroatoms. The van der Waals surface area contributed by atoms with Crippen LogP contribution in [0.2, 0.25) is 0 Å². The number of nitrogens with one attached hydrogen (secondary N) is 3. The fraction of sp³-hybridized carbons (Fsp3) is 0.214. The lowest BCUT2D eigenvalue weighted by Gasteiger charge is -2.11. The number of carbonyl (C=O) groups is 3. The molecule has 0 bridgehead atoms. The van der Waals surface area contributed by atoms with E-state index in [2.05, 4.69) is 22.5 Å². The van der Waals surface area contributed by atoms with Crippen molar-refractivity contribution in [3.8, 4) is 0 Å². The molecule has 0 radical (unpaired) electrons. The van der Waals surface area contributed by atoms with E-state index in [1.807, 2.05) is 0 Å². The first-order valence-corrected chi connectivity index (χ1v) is 6.19. The normalized spacial score (nSPS) is 17.5. The zero-order valence-corrected chi connectivity index (χ0v) is 10.8. The van der Waals surface area contributed by atoms with Crippen LogP contribution >= 0.6 is 0 Å². The summed E-state index contributed by atoms with van der Waals surface area (Å²) in [4.78, 5) is 34.1. The number of hydrogen-bond donors (Lipinski definition) is 3. The highest BCUT2D eigenvalue weighted by molar-refractivity contribution is 6.06. The zero-order chi connectivity index (χ0) is 14.5. The van der Waals surface area contributed by atoms with Gasteiger partial charge < -0.3 is 10.6 Å². The number of imide groups is 1. The fourth-order valence-corrected chi connectivity index (χ4v) is 1.86. The molecule has 1 atom stereocenters. The van der Waals surface area contributed by atoms with E-state index in [9.17, 15) is 14.4 Å². The average Bonchev–Trinajstić information content (AvgIpc) is 2.75. The minimum absolute atomic E-state index is 0.125. The van der Waals surface area contributed by atoms with Crippen LogP contribution in [0.3, 0.4) is 0 Å². The van der Waals surface area contributed by atoms with Gasteiger partial charge in [0, 0.05) is 17.8 Å². The molecule has 6 nitrogen and oxygen atoms in total. The van der Waals surface area contributed by atoms with Gasteiger partial charge in [-0.15, -0.1) is 6.58 Å². The smallest absolute Gasteiger partial charge is 0.251 e. The minimum Gasteiger partial charge on any atom is -0.373 e. The van der Waals surface area contributed by atoms with E-state index in [0.717, 1.165) is 0 Å². The summed E-state index contributed by atoms with van der Waals surface area (Å²) < 4.78 is 0. The van der Waals surface area contributed by atoms with Gasteiger partial charge >= 0.3 is 0 Å². The highest BCUT2D eigenvalue weighted by atomic mass is 16.2. The molecule has 104 valence electrons. The Morgan fingerprint density at radius 3 is 2.60 bits per heavy atom. The first-order chi connectivity index (χ1) is 9.60. The maximum atomic E-state index is 11.7. The van der Waals surface area contributed by atoms with Crippen LogP contribution in [-0.4, -0.2) is 30.3 Å². The topological polar surface area (TPSA) is 87.3 Å². The predicted molar refractivity (Wildman–Crippen MR) is 74.1 cm³/mol. The molecule has 0 aliphatic carbocycles. The maximum Gasteiger partial charge on any atom is 0.251 e. The third-order valence-electron chi connectivity index (χ3n) is 2.86. The fourth-order valence-electron chi connectivity index (χ4n) is 1.86. The summed E-state index contributed by atoms with van der Waals surface area (Å²) in [6.45, 7) is 3.93. The lowest BCUT2D eigenvalue weighted by Crippen LogP contribution is -2.30. The number of anilines is 1. The molecule has 1 aliphatic heterocycles. The van der Waals surface area contributed by atoms with Crippen molar-refractivity contribution >= 4 is 23.4 Å². The molecule has 3 N–H and O–H groups in total. The summed E-state index contributed by atoms with van der Waals surface area (Å²) in [6.07, 6.45) is 1.73. The Morgan fingerprint density at radius 2 is 2.05 bits per heavy atom. The summed E-state index contributed by atoms with van der Waals surface area (Å²) >= 11 is 0. The minimum atomic E-state index is -0.553. The van der Waals surface area contributed by atoms with Gasteiger partial charge in [0.15, 0.2) is 0 Å². The highest BCUT2D eigenvalue weighted by Crippen LogP contribution is 2.14. The second kappa shape index (κ2) is 6.01. The molecule has 1 aromatic rings. The second-order valence-corrected chi connectivity index (χ2v) is 4.39. The Kier molecular flexibility index (Phi) is 4.14. The third-order valence-corrected chi connectivity index (χ3v) is 2.86. The Bertz CT molecular complexity index is 551. The van der Waals surface area contributed by atoms with Crippen LogP contribution in [0.25, 0.3) is 0 Å². The lowest BCUT2D eigenvalue weighted by atomic mass is 10.1. The van der Waals surface area contributed by atoms with E-state index < -0.39 is 6.04 Å². The largest absolute Gasteiger partial charge is 0.373 e. The molecule has 0 aromatic heterocycles. The first-order valence-electron chi connectivity index (χ1n) is 6.19. The van der Waals surface area contributed by atoms with E-state index in [1.165, 1.54) is 0 Å². The molecule has 1 unspecified atom stereocenters. The lowest BCUT2D eigenvalue weighted by molar-refractivity contribution is -0.124. The molecule has 1 saturated heterocycles.